The van der Waals surface area contributed by atoms with Gasteiger partial charge in [-0.3, -0.25) is 0 Å². The zero-order valence-corrected chi connectivity index (χ0v) is 8.91. The molecule has 0 aromatic carbocycles. The summed E-state index contributed by atoms with van der Waals surface area (Å²) in [5, 5.41) is 2.83. The van der Waals surface area contributed by atoms with Gasteiger partial charge in [0.05, 0.1) is 6.61 Å². The fourth-order valence-electron chi connectivity index (χ4n) is 1.69. The van der Waals surface area contributed by atoms with Gasteiger partial charge in [0.15, 0.2) is 0 Å². The van der Waals surface area contributed by atoms with E-state index in [-0.39, 0.29) is 12.1 Å². The van der Waals surface area contributed by atoms with Crippen LogP contribution in [0.2, 0.25) is 0 Å². The van der Waals surface area contributed by atoms with Gasteiger partial charge in [-0.25, -0.2) is 4.79 Å². The molecule has 1 amide bonds. The van der Waals surface area contributed by atoms with E-state index in [9.17, 15) is 4.79 Å². The monoisotopic (exact) mass is 201 g/mol. The number of amides is 1. The Hall–Kier alpha value is -0.770. The van der Waals surface area contributed by atoms with Crippen LogP contribution in [0.25, 0.3) is 0 Å². The molecule has 0 aliphatic carbocycles. The molecule has 4 heteroatoms. The maximum Gasteiger partial charge on any atom is 0.407 e. The van der Waals surface area contributed by atoms with Gasteiger partial charge < -0.3 is 14.8 Å². The molecule has 0 spiro atoms. The maximum atomic E-state index is 11.1. The van der Waals surface area contributed by atoms with E-state index in [4.69, 9.17) is 9.47 Å². The highest BCUT2D eigenvalue weighted by molar-refractivity contribution is 5.67. The molecule has 1 aliphatic rings. The van der Waals surface area contributed by atoms with Gasteiger partial charge in [-0.2, -0.15) is 0 Å². The largest absolute Gasteiger partial charge is 0.450 e. The van der Waals surface area contributed by atoms with Crippen LogP contribution in [0.1, 0.15) is 26.7 Å². The molecular weight excluding hydrogens is 182 g/mol. The van der Waals surface area contributed by atoms with Crippen molar-refractivity contribution in [3.63, 3.8) is 0 Å². The molecule has 1 heterocycles. The lowest BCUT2D eigenvalue weighted by atomic mass is 9.93. The van der Waals surface area contributed by atoms with Gasteiger partial charge in [0, 0.05) is 19.3 Å². The molecule has 0 radical (unpaired) electrons. The van der Waals surface area contributed by atoms with Gasteiger partial charge in [0.25, 0.3) is 0 Å². The number of hydrogen-bond donors (Lipinski definition) is 1. The number of hydrogen-bond acceptors (Lipinski definition) is 3. The predicted molar refractivity (Wildman–Crippen MR) is 53.2 cm³/mol. The van der Waals surface area contributed by atoms with E-state index in [0.717, 1.165) is 26.1 Å². The normalized spacial score (nSPS) is 20.1. The Kier molecular flexibility index (Phi) is 4.73. The molecule has 0 bridgehead atoms. The first-order valence-electron chi connectivity index (χ1n) is 5.25. The summed E-state index contributed by atoms with van der Waals surface area (Å²) in [5.41, 5.74) is 0. The van der Waals surface area contributed by atoms with E-state index >= 15 is 0 Å². The molecular formula is C10H19NO3. The van der Waals surface area contributed by atoms with Crippen molar-refractivity contribution < 1.29 is 14.3 Å². The molecule has 4 nitrogen and oxygen atoms in total. The molecule has 82 valence electrons. The molecule has 1 N–H and O–H groups in total. The smallest absolute Gasteiger partial charge is 0.407 e. The van der Waals surface area contributed by atoms with Crippen LogP contribution in [0.3, 0.4) is 0 Å². The van der Waals surface area contributed by atoms with Gasteiger partial charge in [-0.15, -0.1) is 0 Å². The van der Waals surface area contributed by atoms with Gasteiger partial charge >= 0.3 is 6.09 Å². The standard InChI is InChI=1S/C10H19NO3/c1-3-14-10(12)11-8(2)9-4-6-13-7-5-9/h8-9H,3-7H2,1-2H3,(H,11,12). The summed E-state index contributed by atoms with van der Waals surface area (Å²) in [4.78, 5) is 11.1. The highest BCUT2D eigenvalue weighted by Crippen LogP contribution is 2.18. The minimum absolute atomic E-state index is 0.179. The second-order valence-corrected chi connectivity index (χ2v) is 3.60. The molecule has 0 saturated carbocycles. The highest BCUT2D eigenvalue weighted by atomic mass is 16.5. The molecule has 1 atom stereocenters. The van der Waals surface area contributed by atoms with Crippen molar-refractivity contribution in [3.8, 4) is 0 Å². The van der Waals surface area contributed by atoms with Crippen molar-refractivity contribution in [3.05, 3.63) is 0 Å². The quantitative estimate of drug-likeness (QED) is 0.753. The van der Waals surface area contributed by atoms with Crippen LogP contribution in [0.4, 0.5) is 4.79 Å². The van der Waals surface area contributed by atoms with E-state index in [0.29, 0.717) is 12.5 Å². The van der Waals surface area contributed by atoms with Gasteiger partial charge in [0.2, 0.25) is 0 Å². The van der Waals surface area contributed by atoms with E-state index in [1.165, 1.54) is 0 Å². The number of carbonyl (C=O) groups excluding carboxylic acids is 1. The minimum atomic E-state index is -0.313. The third kappa shape index (κ3) is 3.54. The van der Waals surface area contributed by atoms with E-state index in [2.05, 4.69) is 5.32 Å². The summed E-state index contributed by atoms with van der Waals surface area (Å²) in [7, 11) is 0. The summed E-state index contributed by atoms with van der Waals surface area (Å²) in [6, 6.07) is 0.179. The Morgan fingerprint density at radius 3 is 2.79 bits per heavy atom. The Bertz CT molecular complexity index is 178. The topological polar surface area (TPSA) is 47.6 Å². The third-order valence-corrected chi connectivity index (χ3v) is 2.59. The van der Waals surface area contributed by atoms with Crippen LogP contribution in [-0.4, -0.2) is 32.0 Å². The second kappa shape index (κ2) is 5.86. The zero-order chi connectivity index (χ0) is 10.4. The predicted octanol–water partition coefficient (Wildman–Crippen LogP) is 1.55. The molecule has 0 aromatic heterocycles. The first-order valence-corrected chi connectivity index (χ1v) is 5.25. The molecule has 14 heavy (non-hydrogen) atoms. The lowest BCUT2D eigenvalue weighted by molar-refractivity contribution is 0.0546. The Balaban J connectivity index is 2.25. The Morgan fingerprint density at radius 1 is 1.57 bits per heavy atom. The minimum Gasteiger partial charge on any atom is -0.450 e. The second-order valence-electron chi connectivity index (χ2n) is 3.60. The first-order chi connectivity index (χ1) is 6.74. The summed E-state index contributed by atoms with van der Waals surface area (Å²) in [6.07, 6.45) is 1.73. The van der Waals surface area contributed by atoms with Crippen molar-refractivity contribution >= 4 is 6.09 Å². The van der Waals surface area contributed by atoms with Crippen molar-refractivity contribution in [1.29, 1.82) is 0 Å². The van der Waals surface area contributed by atoms with E-state index in [1.54, 1.807) is 6.92 Å². The van der Waals surface area contributed by atoms with E-state index < -0.39 is 0 Å². The maximum absolute atomic E-state index is 11.1. The number of ether oxygens (including phenoxy) is 2. The van der Waals surface area contributed by atoms with Crippen LogP contribution in [0.5, 0.6) is 0 Å². The van der Waals surface area contributed by atoms with Crippen molar-refractivity contribution in [2.45, 2.75) is 32.7 Å². The Labute approximate surface area is 85.0 Å². The number of carbonyl (C=O) groups is 1. The summed E-state index contributed by atoms with van der Waals surface area (Å²) in [6.45, 7) is 5.86. The van der Waals surface area contributed by atoms with E-state index in [1.807, 2.05) is 6.92 Å². The van der Waals surface area contributed by atoms with Gasteiger partial charge in [0.1, 0.15) is 0 Å². The van der Waals surface area contributed by atoms with Crippen LogP contribution >= 0.6 is 0 Å². The van der Waals surface area contributed by atoms with Crippen LogP contribution in [0, 0.1) is 5.92 Å². The van der Waals surface area contributed by atoms with Gasteiger partial charge in [-0.1, -0.05) is 0 Å². The average molecular weight is 201 g/mol. The van der Waals surface area contributed by atoms with Crippen LogP contribution in [0.15, 0.2) is 0 Å². The van der Waals surface area contributed by atoms with Crippen LogP contribution < -0.4 is 5.32 Å². The zero-order valence-electron chi connectivity index (χ0n) is 8.91. The third-order valence-electron chi connectivity index (χ3n) is 2.59. The summed E-state index contributed by atoms with van der Waals surface area (Å²) < 4.78 is 10.1. The lowest BCUT2D eigenvalue weighted by Crippen LogP contribution is -2.40. The molecule has 1 aliphatic heterocycles. The molecule has 1 fully saturated rings. The summed E-state index contributed by atoms with van der Waals surface area (Å²) in [5.74, 6) is 0.521. The van der Waals surface area contributed by atoms with Crippen molar-refractivity contribution in [1.82, 2.24) is 5.32 Å². The SMILES string of the molecule is CCOC(=O)NC(C)C1CCOCC1. The average Bonchev–Trinajstić information content (AvgIpc) is 2.19. The fraction of sp³-hybridized carbons (Fsp3) is 0.900. The fourth-order valence-corrected chi connectivity index (χ4v) is 1.69. The molecule has 1 saturated heterocycles. The van der Waals surface area contributed by atoms with Gasteiger partial charge in [-0.05, 0) is 32.6 Å². The number of rotatable bonds is 3. The van der Waals surface area contributed by atoms with Crippen molar-refractivity contribution in [2.24, 2.45) is 5.92 Å². The number of nitrogens with one attached hydrogen (secondary N) is 1. The Morgan fingerprint density at radius 2 is 2.21 bits per heavy atom. The lowest BCUT2D eigenvalue weighted by Gasteiger charge is -2.27. The molecule has 0 aromatic rings. The van der Waals surface area contributed by atoms with Crippen LogP contribution in [-0.2, 0) is 9.47 Å². The highest BCUT2D eigenvalue weighted by Gasteiger charge is 2.21. The number of alkyl carbamates (subject to hydrolysis) is 1. The first kappa shape index (κ1) is 11.3. The van der Waals surface area contributed by atoms with Crippen molar-refractivity contribution in [2.75, 3.05) is 19.8 Å². The molecule has 1 unspecified atom stereocenters. The summed E-state index contributed by atoms with van der Waals surface area (Å²) >= 11 is 0. The molecule has 1 rings (SSSR count).